The van der Waals surface area contributed by atoms with Crippen LogP contribution in [0.25, 0.3) is 0 Å². The van der Waals surface area contributed by atoms with E-state index in [9.17, 15) is 14.0 Å². The Morgan fingerprint density at radius 1 is 1.11 bits per heavy atom. The molecule has 0 saturated carbocycles. The maximum Gasteiger partial charge on any atom is 0.258 e. The molecule has 2 amide bonds. The molecule has 0 fully saturated rings. The fraction of sp³-hybridized carbons (Fsp3) is 0.105. The number of benzene rings is 2. The fourth-order valence-electron chi connectivity index (χ4n) is 2.42. The average molecular weight is 431 g/mol. The summed E-state index contributed by atoms with van der Waals surface area (Å²) in [6.07, 6.45) is 3.30. The second kappa shape index (κ2) is 8.13. The first-order chi connectivity index (χ1) is 12.9. The van der Waals surface area contributed by atoms with Crippen molar-refractivity contribution in [3.05, 3.63) is 76.8 Å². The summed E-state index contributed by atoms with van der Waals surface area (Å²) >= 11 is 3.22. The standard InChI is InChI=1S/C19H16BrFN4O2/c1-12(25-9-3-8-22-25)18(26)23-14-4-2-5-15(11-14)24-19(27)16-10-13(20)6-7-17(16)21/h2-12H,1H3,(H,23,26)(H,24,27). The van der Waals surface area contributed by atoms with E-state index in [1.54, 1.807) is 49.6 Å². The summed E-state index contributed by atoms with van der Waals surface area (Å²) in [5, 5.41) is 9.44. The van der Waals surface area contributed by atoms with Gasteiger partial charge in [-0.25, -0.2) is 4.39 Å². The third kappa shape index (κ3) is 4.59. The van der Waals surface area contributed by atoms with Gasteiger partial charge in [-0.3, -0.25) is 14.3 Å². The number of amides is 2. The number of hydrogen-bond acceptors (Lipinski definition) is 3. The van der Waals surface area contributed by atoms with Gasteiger partial charge in [-0.2, -0.15) is 5.10 Å². The molecule has 2 aromatic carbocycles. The molecule has 8 heteroatoms. The fourth-order valence-corrected chi connectivity index (χ4v) is 2.78. The van der Waals surface area contributed by atoms with Crippen molar-refractivity contribution in [3.8, 4) is 0 Å². The van der Waals surface area contributed by atoms with E-state index in [1.165, 1.54) is 22.9 Å². The SMILES string of the molecule is CC(C(=O)Nc1cccc(NC(=O)c2cc(Br)ccc2F)c1)n1cccn1. The molecule has 3 aromatic rings. The van der Waals surface area contributed by atoms with Crippen LogP contribution in [0.4, 0.5) is 15.8 Å². The van der Waals surface area contributed by atoms with Gasteiger partial charge in [0.05, 0.1) is 5.56 Å². The lowest BCUT2D eigenvalue weighted by Crippen LogP contribution is -2.24. The van der Waals surface area contributed by atoms with Crippen LogP contribution in [0.2, 0.25) is 0 Å². The Morgan fingerprint density at radius 3 is 2.56 bits per heavy atom. The zero-order valence-electron chi connectivity index (χ0n) is 14.3. The maximum absolute atomic E-state index is 13.9. The molecule has 0 spiro atoms. The van der Waals surface area contributed by atoms with Crippen LogP contribution >= 0.6 is 15.9 Å². The molecule has 1 unspecified atom stereocenters. The van der Waals surface area contributed by atoms with Gasteiger partial charge in [0.2, 0.25) is 5.91 Å². The monoisotopic (exact) mass is 430 g/mol. The summed E-state index contributed by atoms with van der Waals surface area (Å²) in [4.78, 5) is 24.6. The third-order valence-corrected chi connectivity index (χ3v) is 4.36. The molecule has 138 valence electrons. The molecule has 1 atom stereocenters. The number of halogens is 2. The number of rotatable bonds is 5. The van der Waals surface area contributed by atoms with Crippen molar-refractivity contribution in [3.63, 3.8) is 0 Å². The molecule has 0 aliphatic carbocycles. The van der Waals surface area contributed by atoms with Crippen molar-refractivity contribution in [1.29, 1.82) is 0 Å². The Labute approximate surface area is 163 Å². The van der Waals surface area contributed by atoms with Gasteiger partial charge in [0.1, 0.15) is 11.9 Å². The molecule has 0 bridgehead atoms. The van der Waals surface area contributed by atoms with E-state index in [-0.39, 0.29) is 11.5 Å². The second-order valence-corrected chi connectivity index (χ2v) is 6.73. The summed E-state index contributed by atoms with van der Waals surface area (Å²) in [7, 11) is 0. The van der Waals surface area contributed by atoms with Gasteiger partial charge in [-0.1, -0.05) is 22.0 Å². The van der Waals surface area contributed by atoms with Crippen molar-refractivity contribution in [2.24, 2.45) is 0 Å². The first-order valence-corrected chi connectivity index (χ1v) is 8.90. The lowest BCUT2D eigenvalue weighted by Gasteiger charge is -2.13. The molecule has 0 aliphatic rings. The van der Waals surface area contributed by atoms with Crippen molar-refractivity contribution in [2.75, 3.05) is 10.6 Å². The number of carbonyl (C=O) groups excluding carboxylic acids is 2. The van der Waals surface area contributed by atoms with Crippen LogP contribution in [-0.4, -0.2) is 21.6 Å². The minimum absolute atomic E-state index is 0.0777. The van der Waals surface area contributed by atoms with Crippen LogP contribution in [0.5, 0.6) is 0 Å². The first-order valence-electron chi connectivity index (χ1n) is 8.10. The highest BCUT2D eigenvalue weighted by Crippen LogP contribution is 2.20. The van der Waals surface area contributed by atoms with Crippen LogP contribution in [0.3, 0.4) is 0 Å². The number of nitrogens with zero attached hydrogens (tertiary/aromatic N) is 2. The molecular weight excluding hydrogens is 415 g/mol. The molecule has 6 nitrogen and oxygen atoms in total. The zero-order chi connectivity index (χ0) is 19.4. The minimum Gasteiger partial charge on any atom is -0.324 e. The van der Waals surface area contributed by atoms with Gasteiger partial charge >= 0.3 is 0 Å². The molecule has 2 N–H and O–H groups in total. The van der Waals surface area contributed by atoms with Crippen molar-refractivity contribution < 1.29 is 14.0 Å². The normalized spacial score (nSPS) is 11.7. The Bertz CT molecular complexity index is 976. The summed E-state index contributed by atoms with van der Waals surface area (Å²) in [5.41, 5.74) is 0.863. The molecule has 1 heterocycles. The van der Waals surface area contributed by atoms with E-state index in [1.807, 2.05) is 0 Å². The second-order valence-electron chi connectivity index (χ2n) is 5.81. The van der Waals surface area contributed by atoms with Crippen molar-refractivity contribution in [1.82, 2.24) is 9.78 Å². The number of anilines is 2. The number of nitrogens with one attached hydrogen (secondary N) is 2. The smallest absolute Gasteiger partial charge is 0.258 e. The third-order valence-electron chi connectivity index (χ3n) is 3.86. The Kier molecular flexibility index (Phi) is 5.66. The number of carbonyl (C=O) groups is 2. The lowest BCUT2D eigenvalue weighted by molar-refractivity contribution is -0.119. The van der Waals surface area contributed by atoms with Gasteiger partial charge < -0.3 is 10.6 Å². The lowest BCUT2D eigenvalue weighted by atomic mass is 10.2. The quantitative estimate of drug-likeness (QED) is 0.635. The Hall–Kier alpha value is -3.00. The van der Waals surface area contributed by atoms with E-state index in [0.717, 1.165) is 0 Å². The van der Waals surface area contributed by atoms with Gasteiger partial charge in [-0.05, 0) is 49.4 Å². The Morgan fingerprint density at radius 2 is 1.85 bits per heavy atom. The van der Waals surface area contributed by atoms with Crippen LogP contribution in [0.15, 0.2) is 65.4 Å². The van der Waals surface area contributed by atoms with Crippen molar-refractivity contribution >= 4 is 39.1 Å². The van der Waals surface area contributed by atoms with Gasteiger partial charge in [0.25, 0.3) is 5.91 Å². The largest absolute Gasteiger partial charge is 0.324 e. The highest BCUT2D eigenvalue weighted by Gasteiger charge is 2.16. The van der Waals surface area contributed by atoms with E-state index in [2.05, 4.69) is 31.7 Å². The molecule has 27 heavy (non-hydrogen) atoms. The molecule has 0 aliphatic heterocycles. The summed E-state index contributed by atoms with van der Waals surface area (Å²) < 4.78 is 16.0. The van der Waals surface area contributed by atoms with Crippen LogP contribution < -0.4 is 10.6 Å². The maximum atomic E-state index is 13.9. The molecular formula is C19H16BrFN4O2. The van der Waals surface area contributed by atoms with E-state index >= 15 is 0 Å². The molecule has 1 aromatic heterocycles. The predicted octanol–water partition coefficient (Wildman–Crippen LogP) is 4.24. The summed E-state index contributed by atoms with van der Waals surface area (Å²) in [6.45, 7) is 1.73. The highest BCUT2D eigenvalue weighted by molar-refractivity contribution is 9.10. The topological polar surface area (TPSA) is 76.0 Å². The van der Waals surface area contributed by atoms with E-state index in [4.69, 9.17) is 0 Å². The predicted molar refractivity (Wildman–Crippen MR) is 104 cm³/mol. The highest BCUT2D eigenvalue weighted by atomic mass is 79.9. The molecule has 3 rings (SSSR count). The minimum atomic E-state index is -0.617. The van der Waals surface area contributed by atoms with Crippen LogP contribution in [-0.2, 0) is 4.79 Å². The molecule has 0 radical (unpaired) electrons. The first kappa shape index (κ1) is 18.8. The van der Waals surface area contributed by atoms with Gasteiger partial charge in [-0.15, -0.1) is 0 Å². The van der Waals surface area contributed by atoms with Crippen molar-refractivity contribution in [2.45, 2.75) is 13.0 Å². The van der Waals surface area contributed by atoms with Crippen LogP contribution in [0.1, 0.15) is 23.3 Å². The van der Waals surface area contributed by atoms with E-state index < -0.39 is 17.8 Å². The summed E-state index contributed by atoms with van der Waals surface area (Å²) in [6, 6.07) is 12.0. The number of aromatic nitrogens is 2. The van der Waals surface area contributed by atoms with Gasteiger partial charge in [0.15, 0.2) is 0 Å². The summed E-state index contributed by atoms with van der Waals surface area (Å²) in [5.74, 6) is -1.45. The Balaban J connectivity index is 1.71. The van der Waals surface area contributed by atoms with Gasteiger partial charge in [0, 0.05) is 28.2 Å². The molecule has 0 saturated heterocycles. The van der Waals surface area contributed by atoms with Crippen LogP contribution in [0, 0.1) is 5.82 Å². The number of hydrogen-bond donors (Lipinski definition) is 2. The zero-order valence-corrected chi connectivity index (χ0v) is 15.9. The van der Waals surface area contributed by atoms with E-state index in [0.29, 0.717) is 15.8 Å². The average Bonchev–Trinajstić information content (AvgIpc) is 3.18.